The van der Waals surface area contributed by atoms with Crippen molar-refractivity contribution in [3.63, 3.8) is 0 Å². The Bertz CT molecular complexity index is 1010. The summed E-state index contributed by atoms with van der Waals surface area (Å²) in [6.07, 6.45) is -3.30. The van der Waals surface area contributed by atoms with Crippen molar-refractivity contribution < 1.29 is 18.0 Å². The van der Waals surface area contributed by atoms with Crippen LogP contribution in [0.5, 0.6) is 0 Å². The summed E-state index contributed by atoms with van der Waals surface area (Å²) in [6, 6.07) is 11.0. The predicted molar refractivity (Wildman–Crippen MR) is 105 cm³/mol. The molecule has 1 fully saturated rings. The fourth-order valence-corrected chi connectivity index (χ4v) is 3.82. The molecule has 0 aromatic heterocycles. The Morgan fingerprint density at radius 3 is 2.52 bits per heavy atom. The number of fused-ring (bicyclic) bond motifs is 1. The summed E-state index contributed by atoms with van der Waals surface area (Å²) in [5.41, 5.74) is -2.31. The molecule has 150 valence electrons. The van der Waals surface area contributed by atoms with Gasteiger partial charge < -0.3 is 5.32 Å². The van der Waals surface area contributed by atoms with Gasteiger partial charge in [0.2, 0.25) is 5.54 Å². The summed E-state index contributed by atoms with van der Waals surface area (Å²) in [4.78, 5) is 13.8. The zero-order valence-electron chi connectivity index (χ0n) is 15.6. The molecule has 0 spiro atoms. The van der Waals surface area contributed by atoms with Crippen molar-refractivity contribution in [1.29, 1.82) is 0 Å². The fourth-order valence-electron chi connectivity index (χ4n) is 3.65. The number of hydrogen-bond donors (Lipinski definition) is 1. The molecule has 2 aromatic carbocycles. The third kappa shape index (κ3) is 3.34. The Labute approximate surface area is 171 Å². The average Bonchev–Trinajstić information content (AvgIpc) is 3.50. The molecule has 4 rings (SSSR count). The lowest BCUT2D eigenvalue weighted by atomic mass is 9.82. The number of benzene rings is 2. The van der Waals surface area contributed by atoms with Crippen molar-refractivity contribution in [3.8, 4) is 11.8 Å². The van der Waals surface area contributed by atoms with E-state index in [-0.39, 0.29) is 22.2 Å². The summed E-state index contributed by atoms with van der Waals surface area (Å²) in [5, 5.41) is 2.73. The minimum absolute atomic E-state index is 0.0679. The van der Waals surface area contributed by atoms with Gasteiger partial charge in [-0.2, -0.15) is 13.2 Å². The number of carbonyl (C=O) groups is 1. The van der Waals surface area contributed by atoms with Gasteiger partial charge in [0, 0.05) is 22.2 Å². The molecule has 1 saturated carbocycles. The van der Waals surface area contributed by atoms with Crippen molar-refractivity contribution >= 4 is 23.3 Å². The summed E-state index contributed by atoms with van der Waals surface area (Å²) in [7, 11) is 0. The van der Waals surface area contributed by atoms with Gasteiger partial charge in [0.15, 0.2) is 0 Å². The highest BCUT2D eigenvalue weighted by atomic mass is 35.5. The number of alkyl halides is 3. The number of urea groups is 1. The Morgan fingerprint density at radius 1 is 1.21 bits per heavy atom. The standard InChI is InChI=1S/C22H18ClF3N2O/c1-14(16-5-3-2-4-6-16)28-20(29)27-19-10-9-17(23)13-18(19)21(28,22(24,25)26)12-11-15-7-8-15/h2-6,9-10,13-15H,7-8H2,1H3,(H,27,29)/t14?,21-/m0/s1. The topological polar surface area (TPSA) is 32.3 Å². The van der Waals surface area contributed by atoms with Gasteiger partial charge in [-0.3, -0.25) is 4.90 Å². The smallest absolute Gasteiger partial charge is 0.307 e. The van der Waals surface area contributed by atoms with Gasteiger partial charge in [-0.1, -0.05) is 53.8 Å². The highest BCUT2D eigenvalue weighted by Crippen LogP contribution is 2.52. The minimum Gasteiger partial charge on any atom is -0.307 e. The first kappa shape index (κ1) is 19.7. The zero-order valence-corrected chi connectivity index (χ0v) is 16.3. The molecule has 2 aromatic rings. The first-order chi connectivity index (χ1) is 13.7. The Balaban J connectivity index is 1.99. The Kier molecular flexibility index (Phi) is 4.74. The molecule has 1 aliphatic carbocycles. The van der Waals surface area contributed by atoms with Gasteiger partial charge in [0.05, 0.1) is 6.04 Å². The predicted octanol–water partition coefficient (Wildman–Crippen LogP) is 6.12. The largest absolute Gasteiger partial charge is 0.427 e. The van der Waals surface area contributed by atoms with Crippen LogP contribution in [0.3, 0.4) is 0 Å². The van der Waals surface area contributed by atoms with Crippen molar-refractivity contribution in [2.45, 2.75) is 37.5 Å². The van der Waals surface area contributed by atoms with Crippen LogP contribution < -0.4 is 5.32 Å². The van der Waals surface area contributed by atoms with Crippen LogP contribution in [0.15, 0.2) is 48.5 Å². The van der Waals surface area contributed by atoms with Crippen LogP contribution >= 0.6 is 11.6 Å². The lowest BCUT2D eigenvalue weighted by Gasteiger charge is -2.48. The molecular weight excluding hydrogens is 401 g/mol. The summed E-state index contributed by atoms with van der Waals surface area (Å²) >= 11 is 6.06. The van der Waals surface area contributed by atoms with Crippen LogP contribution in [0.2, 0.25) is 5.02 Å². The van der Waals surface area contributed by atoms with E-state index in [2.05, 4.69) is 17.2 Å². The van der Waals surface area contributed by atoms with E-state index in [0.717, 1.165) is 17.7 Å². The van der Waals surface area contributed by atoms with Crippen LogP contribution in [0.1, 0.15) is 36.9 Å². The van der Waals surface area contributed by atoms with Gasteiger partial charge in [-0.05, 0) is 43.5 Å². The molecule has 1 aliphatic heterocycles. The zero-order chi connectivity index (χ0) is 20.8. The van der Waals surface area contributed by atoms with Crippen molar-refractivity contribution in [3.05, 3.63) is 64.7 Å². The lowest BCUT2D eigenvalue weighted by molar-refractivity contribution is -0.212. The molecule has 1 unspecified atom stereocenters. The first-order valence-corrected chi connectivity index (χ1v) is 9.66. The number of carbonyl (C=O) groups excluding carboxylic acids is 1. The molecule has 1 heterocycles. The highest BCUT2D eigenvalue weighted by Gasteiger charge is 2.64. The average molecular weight is 419 g/mol. The Hall–Kier alpha value is -2.65. The van der Waals surface area contributed by atoms with E-state index in [9.17, 15) is 18.0 Å². The molecule has 2 aliphatic rings. The third-order valence-corrected chi connectivity index (χ3v) is 5.54. The number of nitrogens with zero attached hydrogens (tertiary/aromatic N) is 1. The maximum atomic E-state index is 14.8. The van der Waals surface area contributed by atoms with E-state index >= 15 is 0 Å². The molecule has 7 heteroatoms. The van der Waals surface area contributed by atoms with Crippen LogP contribution in [-0.4, -0.2) is 17.1 Å². The normalized spacial score (nSPS) is 22.2. The molecule has 1 N–H and O–H groups in total. The van der Waals surface area contributed by atoms with Gasteiger partial charge in [0.1, 0.15) is 0 Å². The number of amides is 2. The second kappa shape index (κ2) is 7.00. The lowest BCUT2D eigenvalue weighted by Crippen LogP contribution is -2.62. The van der Waals surface area contributed by atoms with E-state index in [1.54, 1.807) is 37.3 Å². The van der Waals surface area contributed by atoms with E-state index in [1.165, 1.54) is 18.2 Å². The monoisotopic (exact) mass is 418 g/mol. The molecule has 29 heavy (non-hydrogen) atoms. The van der Waals surface area contributed by atoms with Crippen molar-refractivity contribution in [1.82, 2.24) is 4.90 Å². The van der Waals surface area contributed by atoms with E-state index in [0.29, 0.717) is 5.56 Å². The maximum absolute atomic E-state index is 14.8. The third-order valence-electron chi connectivity index (χ3n) is 5.31. The molecule has 0 saturated heterocycles. The van der Waals surface area contributed by atoms with E-state index in [4.69, 9.17) is 11.6 Å². The molecule has 2 atom stereocenters. The van der Waals surface area contributed by atoms with Crippen LogP contribution in [0, 0.1) is 17.8 Å². The van der Waals surface area contributed by atoms with E-state index in [1.807, 2.05) is 0 Å². The summed E-state index contributed by atoms with van der Waals surface area (Å²) < 4.78 is 44.4. The maximum Gasteiger partial charge on any atom is 0.427 e. The first-order valence-electron chi connectivity index (χ1n) is 9.29. The fraction of sp³-hybridized carbons (Fsp3) is 0.318. The molecular formula is C22H18ClF3N2O. The van der Waals surface area contributed by atoms with Crippen LogP contribution in [0.4, 0.5) is 23.7 Å². The van der Waals surface area contributed by atoms with Gasteiger partial charge in [-0.15, -0.1) is 0 Å². The summed E-state index contributed by atoms with van der Waals surface area (Å²) in [6.45, 7) is 1.57. The minimum atomic E-state index is -4.84. The quantitative estimate of drug-likeness (QED) is 0.585. The number of anilines is 1. The van der Waals surface area contributed by atoms with Gasteiger partial charge in [-0.25, -0.2) is 4.79 Å². The Morgan fingerprint density at radius 2 is 1.90 bits per heavy atom. The number of rotatable bonds is 2. The highest BCUT2D eigenvalue weighted by molar-refractivity contribution is 6.30. The molecule has 0 bridgehead atoms. The number of halogens is 4. The van der Waals surface area contributed by atoms with Crippen molar-refractivity contribution in [2.75, 3.05) is 5.32 Å². The van der Waals surface area contributed by atoms with Gasteiger partial charge >= 0.3 is 12.2 Å². The van der Waals surface area contributed by atoms with Gasteiger partial charge in [0.25, 0.3) is 0 Å². The van der Waals surface area contributed by atoms with E-state index < -0.39 is 23.8 Å². The summed E-state index contributed by atoms with van der Waals surface area (Å²) in [5.74, 6) is 5.17. The van der Waals surface area contributed by atoms with Crippen molar-refractivity contribution in [2.24, 2.45) is 5.92 Å². The molecule has 3 nitrogen and oxygen atoms in total. The second-order valence-corrected chi connectivity index (χ2v) is 7.76. The molecule has 0 radical (unpaired) electrons. The molecule has 2 amide bonds. The van der Waals surface area contributed by atoms with Crippen LogP contribution in [0.25, 0.3) is 0 Å². The SMILES string of the molecule is CC(c1ccccc1)N1C(=O)Nc2ccc(Cl)cc2[C@@]1(C#CC1CC1)C(F)(F)F. The number of hydrogen-bond acceptors (Lipinski definition) is 1. The van der Waals surface area contributed by atoms with Crippen LogP contribution in [-0.2, 0) is 5.54 Å². The second-order valence-electron chi connectivity index (χ2n) is 7.33. The number of nitrogens with one attached hydrogen (secondary N) is 1.